The highest BCUT2D eigenvalue weighted by molar-refractivity contribution is 5.22. The fraction of sp³-hybridized carbons (Fsp3) is 1.00. The molecule has 4 fully saturated rings. The number of nitrogens with zero attached hydrogens (tertiary/aromatic N) is 4. The second-order valence-electron chi connectivity index (χ2n) is 8.65. The van der Waals surface area contributed by atoms with Crippen LogP contribution in [0.2, 0.25) is 0 Å². The molecule has 0 unspecified atom stereocenters. The zero-order valence-electron chi connectivity index (χ0n) is 15.6. The number of hydrogen-bond donors (Lipinski definition) is 5. The molecule has 4 atom stereocenters. The number of piperidine rings is 2. The van der Waals surface area contributed by atoms with E-state index in [9.17, 15) is 40.7 Å². The molecule has 4 rings (SSSR count). The number of rotatable bonds is 7. The van der Waals surface area contributed by atoms with Gasteiger partial charge < -0.3 is 25.5 Å². The van der Waals surface area contributed by atoms with Gasteiger partial charge in [0.15, 0.2) is 0 Å². The van der Waals surface area contributed by atoms with Gasteiger partial charge in [-0.2, -0.15) is 0 Å². The van der Waals surface area contributed by atoms with Crippen molar-refractivity contribution in [2.45, 2.75) is 55.5 Å². The first kappa shape index (κ1) is 21.2. The van der Waals surface area contributed by atoms with E-state index in [4.69, 9.17) is 5.11 Å². The lowest BCUT2D eigenvalue weighted by atomic mass is 9.53. The summed E-state index contributed by atoms with van der Waals surface area (Å²) in [5.41, 5.74) is -4.54. The Kier molecular flexibility index (Phi) is 4.94. The molecule has 4 heterocycles. The fourth-order valence-electron chi connectivity index (χ4n) is 5.22. The van der Waals surface area contributed by atoms with E-state index >= 15 is 0 Å². The summed E-state index contributed by atoms with van der Waals surface area (Å²) < 4.78 is 0. The Bertz CT molecular complexity index is 622. The summed E-state index contributed by atoms with van der Waals surface area (Å²) in [7, 11) is 0. The summed E-state index contributed by atoms with van der Waals surface area (Å²) in [6.45, 7) is 1.57. The van der Waals surface area contributed by atoms with Gasteiger partial charge in [-0.3, -0.25) is 30.0 Å². The van der Waals surface area contributed by atoms with Gasteiger partial charge in [-0.25, -0.2) is 0 Å². The van der Waals surface area contributed by atoms with Crippen LogP contribution in [-0.4, -0.2) is 120 Å². The molecule has 4 bridgehead atoms. The highest BCUT2D eigenvalue weighted by Gasteiger charge is 2.82. The maximum atomic E-state index is 12.0. The molecule has 0 radical (unpaired) electrons. The number of hydrogen-bond acceptors (Lipinski definition) is 11. The summed E-state index contributed by atoms with van der Waals surface area (Å²) >= 11 is 0. The summed E-state index contributed by atoms with van der Waals surface area (Å²) in [5, 5.41) is 73.2. The quantitative estimate of drug-likeness (QED) is 0.207. The van der Waals surface area contributed by atoms with Gasteiger partial charge in [0.05, 0.1) is 39.0 Å². The normalized spacial score (nSPS) is 42.6. The van der Waals surface area contributed by atoms with Gasteiger partial charge in [-0.15, -0.1) is 0 Å². The molecular weight excluding hydrogens is 380 g/mol. The second kappa shape index (κ2) is 6.52. The van der Waals surface area contributed by atoms with E-state index in [-0.39, 0.29) is 26.2 Å². The van der Waals surface area contributed by atoms with Crippen molar-refractivity contribution in [1.82, 2.24) is 9.80 Å². The first-order valence-corrected chi connectivity index (χ1v) is 8.96. The maximum absolute atomic E-state index is 12.0. The Hall–Kier alpha value is -1.48. The van der Waals surface area contributed by atoms with Crippen LogP contribution in [-0.2, 0) is 0 Å². The average Bonchev–Trinajstić information content (AvgIpc) is 2.62. The lowest BCUT2D eigenvalue weighted by molar-refractivity contribution is -0.679. The van der Waals surface area contributed by atoms with Crippen molar-refractivity contribution in [2.24, 2.45) is 5.41 Å². The molecular formula is C15H26N4O9. The largest absolute Gasteiger partial charge is 0.394 e. The first-order valence-electron chi connectivity index (χ1n) is 8.96. The standard InChI is InChI=1S/C15H26N4O9/c1-13(2)14(18(25)26)4-16-6-15(13,19(27)28)7-17(5-14)12(16)11(24)10(23)9(22)8(21)3-20/h8-12,20-24H,3-7H2,1-2H3/t8-,9-,10-,11-,12?,14?,15?/m1/s1. The first-order chi connectivity index (χ1) is 12.9. The van der Waals surface area contributed by atoms with E-state index < -0.39 is 63.5 Å². The van der Waals surface area contributed by atoms with Crippen LogP contribution in [0, 0.1) is 25.6 Å². The summed E-state index contributed by atoms with van der Waals surface area (Å²) in [5.74, 6) is 0. The van der Waals surface area contributed by atoms with Crippen LogP contribution in [0.5, 0.6) is 0 Å². The zero-order chi connectivity index (χ0) is 21.2. The molecule has 4 saturated heterocycles. The Morgan fingerprint density at radius 3 is 1.64 bits per heavy atom. The van der Waals surface area contributed by atoms with Crippen LogP contribution in [0.4, 0.5) is 0 Å². The van der Waals surface area contributed by atoms with Gasteiger partial charge in [0, 0.05) is 9.85 Å². The Morgan fingerprint density at radius 2 is 1.32 bits per heavy atom. The van der Waals surface area contributed by atoms with Crippen molar-refractivity contribution < 1.29 is 35.4 Å². The molecule has 13 heteroatoms. The van der Waals surface area contributed by atoms with Gasteiger partial charge in [0.25, 0.3) is 11.1 Å². The van der Waals surface area contributed by atoms with E-state index in [0.717, 1.165) is 0 Å². The van der Waals surface area contributed by atoms with Crippen LogP contribution in [0.3, 0.4) is 0 Å². The van der Waals surface area contributed by atoms with E-state index in [1.54, 1.807) is 0 Å². The lowest BCUT2D eigenvalue weighted by Gasteiger charge is -2.66. The Balaban J connectivity index is 1.97. The molecule has 0 spiro atoms. The minimum Gasteiger partial charge on any atom is -0.394 e. The van der Waals surface area contributed by atoms with Gasteiger partial charge in [-0.05, 0) is 13.8 Å². The van der Waals surface area contributed by atoms with E-state index in [1.165, 1.54) is 23.6 Å². The highest BCUT2D eigenvalue weighted by atomic mass is 16.6. The van der Waals surface area contributed by atoms with Gasteiger partial charge >= 0.3 is 0 Å². The molecule has 160 valence electrons. The SMILES string of the molecule is CC1(C)C2([N+](=O)[O-])CN3CC1([N+](=O)[O-])CN(C2)C3[C@H](O)[C@H](O)[C@H](O)[C@H](O)CO. The molecule has 28 heavy (non-hydrogen) atoms. The third-order valence-corrected chi connectivity index (χ3v) is 7.22. The average molecular weight is 406 g/mol. The monoisotopic (exact) mass is 406 g/mol. The minimum absolute atomic E-state index is 0.161. The molecule has 0 saturated carbocycles. The van der Waals surface area contributed by atoms with Crippen LogP contribution in [0.25, 0.3) is 0 Å². The van der Waals surface area contributed by atoms with Gasteiger partial charge in [-0.1, -0.05) is 0 Å². The molecule has 0 amide bonds. The molecule has 4 aliphatic heterocycles. The number of aliphatic hydroxyl groups is 5. The van der Waals surface area contributed by atoms with Gasteiger partial charge in [0.1, 0.15) is 29.8 Å². The summed E-state index contributed by atoms with van der Waals surface area (Å²) in [4.78, 5) is 25.8. The molecule has 4 aliphatic rings. The van der Waals surface area contributed by atoms with Crippen molar-refractivity contribution >= 4 is 0 Å². The molecule has 0 aromatic heterocycles. The smallest absolute Gasteiger partial charge is 0.259 e. The summed E-state index contributed by atoms with van der Waals surface area (Å²) in [6, 6.07) is 0. The number of aliphatic hydroxyl groups excluding tert-OH is 5. The van der Waals surface area contributed by atoms with Crippen LogP contribution >= 0.6 is 0 Å². The third-order valence-electron chi connectivity index (χ3n) is 7.22. The predicted molar refractivity (Wildman–Crippen MR) is 91.3 cm³/mol. The zero-order valence-corrected chi connectivity index (χ0v) is 15.6. The Labute approximate surface area is 160 Å². The second-order valence-corrected chi connectivity index (χ2v) is 8.65. The molecule has 5 N–H and O–H groups in total. The van der Waals surface area contributed by atoms with E-state index in [2.05, 4.69) is 0 Å². The third kappa shape index (κ3) is 2.44. The van der Waals surface area contributed by atoms with Crippen molar-refractivity contribution in [2.75, 3.05) is 32.8 Å². The van der Waals surface area contributed by atoms with Gasteiger partial charge in [0.2, 0.25) is 0 Å². The van der Waals surface area contributed by atoms with Crippen molar-refractivity contribution in [3.8, 4) is 0 Å². The fourth-order valence-corrected chi connectivity index (χ4v) is 5.22. The van der Waals surface area contributed by atoms with E-state index in [1.807, 2.05) is 0 Å². The minimum atomic E-state index is -1.87. The van der Waals surface area contributed by atoms with Crippen molar-refractivity contribution in [3.63, 3.8) is 0 Å². The van der Waals surface area contributed by atoms with Crippen LogP contribution in [0.1, 0.15) is 13.8 Å². The molecule has 0 aliphatic carbocycles. The lowest BCUT2D eigenvalue weighted by Crippen LogP contribution is -2.91. The Morgan fingerprint density at radius 1 is 0.929 bits per heavy atom. The van der Waals surface area contributed by atoms with E-state index in [0.29, 0.717) is 0 Å². The van der Waals surface area contributed by atoms with Crippen molar-refractivity contribution in [3.05, 3.63) is 20.2 Å². The maximum Gasteiger partial charge on any atom is 0.259 e. The van der Waals surface area contributed by atoms with Crippen molar-refractivity contribution in [1.29, 1.82) is 0 Å². The predicted octanol–water partition coefficient (Wildman–Crippen LogP) is -3.55. The molecule has 0 aromatic carbocycles. The highest BCUT2D eigenvalue weighted by Crippen LogP contribution is 2.56. The summed E-state index contributed by atoms with van der Waals surface area (Å²) in [6.07, 6.45) is -8.10. The van der Waals surface area contributed by atoms with Crippen LogP contribution < -0.4 is 0 Å². The molecule has 13 nitrogen and oxygen atoms in total. The molecule has 0 aromatic rings. The van der Waals surface area contributed by atoms with Crippen LogP contribution in [0.15, 0.2) is 0 Å². The topological polar surface area (TPSA) is 194 Å². The number of nitro groups is 2.